The van der Waals surface area contributed by atoms with Crippen LogP contribution in [0.1, 0.15) is 33.1 Å². The molecule has 16 heavy (non-hydrogen) atoms. The summed E-state index contributed by atoms with van der Waals surface area (Å²) in [5.41, 5.74) is 10.5. The van der Waals surface area contributed by atoms with E-state index in [1.54, 1.807) is 6.08 Å². The van der Waals surface area contributed by atoms with Crippen LogP contribution in [0.3, 0.4) is 0 Å². The zero-order valence-corrected chi connectivity index (χ0v) is 9.73. The van der Waals surface area contributed by atoms with Crippen LogP contribution in [0.15, 0.2) is 35.5 Å². The predicted molar refractivity (Wildman–Crippen MR) is 64.1 cm³/mol. The third-order valence-corrected chi connectivity index (χ3v) is 2.25. The molecule has 0 bridgehead atoms. The lowest BCUT2D eigenvalue weighted by molar-refractivity contribution is -0.114. The second-order valence-electron chi connectivity index (χ2n) is 3.73. The second-order valence-corrected chi connectivity index (χ2v) is 3.73. The molecule has 3 heteroatoms. The maximum atomic E-state index is 11.6. The topological polar surface area (TPSA) is 53.5 Å². The lowest BCUT2D eigenvalue weighted by Gasteiger charge is -2.13. The van der Waals surface area contributed by atoms with Gasteiger partial charge in [-0.3, -0.25) is 4.79 Å². The summed E-state index contributed by atoms with van der Waals surface area (Å²) in [6.45, 7) is 4.25. The number of hydrogen-bond donors (Lipinski definition) is 0. The average molecular weight is 216 g/mol. The first-order chi connectivity index (χ1) is 7.74. The maximum Gasteiger partial charge on any atom is 0.343 e. The highest BCUT2D eigenvalue weighted by Gasteiger charge is 2.29. The predicted octanol–water partition coefficient (Wildman–Crippen LogP) is 2.86. The highest BCUT2D eigenvalue weighted by molar-refractivity contribution is 6.46. The molecule has 0 spiro atoms. The number of carbonyl (C=O) groups is 1. The van der Waals surface area contributed by atoms with Crippen molar-refractivity contribution in [1.82, 2.24) is 0 Å². The Kier molecular flexibility index (Phi) is 4.62. The third kappa shape index (κ3) is 2.65. The summed E-state index contributed by atoms with van der Waals surface area (Å²) in [4.78, 5) is 14.5. The van der Waals surface area contributed by atoms with Crippen molar-refractivity contribution in [3.63, 3.8) is 0 Å². The lowest BCUT2D eigenvalue weighted by atomic mass is 9.86. The molecule has 2 aliphatic rings. The number of fused-ring (bicyclic) bond motifs is 1. The summed E-state index contributed by atoms with van der Waals surface area (Å²) in [6.07, 6.45) is 10.1. The largest absolute Gasteiger partial charge is 0.361 e. The van der Waals surface area contributed by atoms with Crippen molar-refractivity contribution >= 4 is 11.5 Å². The maximum absolute atomic E-state index is 11.6. The van der Waals surface area contributed by atoms with Gasteiger partial charge in [-0.25, -0.2) is 0 Å². The van der Waals surface area contributed by atoms with Gasteiger partial charge in [-0.15, -0.1) is 0 Å². The van der Waals surface area contributed by atoms with Crippen LogP contribution in [-0.2, 0) is 4.79 Å². The van der Waals surface area contributed by atoms with Crippen molar-refractivity contribution in [3.05, 3.63) is 41.0 Å². The number of hydrogen-bond acceptors (Lipinski definition) is 1. The Morgan fingerprint density at radius 1 is 1.38 bits per heavy atom. The van der Waals surface area contributed by atoms with E-state index < -0.39 is 0 Å². The van der Waals surface area contributed by atoms with E-state index >= 15 is 0 Å². The molecule has 0 aromatic rings. The van der Waals surface area contributed by atoms with Gasteiger partial charge in [0.15, 0.2) is 0 Å². The molecular formula is C13H16N2O. The number of rotatable bonds is 0. The Balaban J connectivity index is 0.000000386. The molecule has 0 heterocycles. The van der Waals surface area contributed by atoms with Gasteiger partial charge in [-0.1, -0.05) is 44.6 Å². The van der Waals surface area contributed by atoms with E-state index in [9.17, 15) is 4.79 Å². The van der Waals surface area contributed by atoms with Crippen molar-refractivity contribution in [2.24, 2.45) is 0 Å². The molecule has 0 fully saturated rings. The fraction of sp³-hybridized carbons (Fsp3) is 0.385. The Morgan fingerprint density at radius 2 is 2.06 bits per heavy atom. The van der Waals surface area contributed by atoms with E-state index in [1.807, 2.05) is 18.2 Å². The van der Waals surface area contributed by atoms with Gasteiger partial charge in [0.1, 0.15) is 0 Å². The molecule has 0 radical (unpaired) electrons. The lowest BCUT2D eigenvalue weighted by Crippen LogP contribution is -2.22. The first-order valence-corrected chi connectivity index (χ1v) is 5.56. The minimum Gasteiger partial charge on any atom is -0.361 e. The average Bonchev–Trinajstić information content (AvgIpc) is 2.31. The molecule has 0 N–H and O–H groups in total. The molecular weight excluding hydrogens is 200 g/mol. The van der Waals surface area contributed by atoms with Gasteiger partial charge < -0.3 is 5.53 Å². The van der Waals surface area contributed by atoms with Crippen molar-refractivity contribution in [1.29, 1.82) is 0 Å². The highest BCUT2D eigenvalue weighted by atomic mass is 16.1. The first-order valence-electron chi connectivity index (χ1n) is 5.56. The normalized spacial score (nSPS) is 17.6. The monoisotopic (exact) mass is 216 g/mol. The minimum atomic E-state index is -0.149. The van der Waals surface area contributed by atoms with Gasteiger partial charge >= 0.3 is 5.71 Å². The van der Waals surface area contributed by atoms with Crippen LogP contribution in [-0.4, -0.2) is 16.3 Å². The van der Waals surface area contributed by atoms with Crippen LogP contribution < -0.4 is 0 Å². The van der Waals surface area contributed by atoms with Gasteiger partial charge in [0, 0.05) is 5.57 Å². The Labute approximate surface area is 95.8 Å². The highest BCUT2D eigenvalue weighted by Crippen LogP contribution is 2.25. The number of allylic oxidation sites excluding steroid dienone is 6. The quantitative estimate of drug-likeness (QED) is 0.453. The van der Waals surface area contributed by atoms with Crippen LogP contribution in [0, 0.1) is 0 Å². The molecule has 2 rings (SSSR count). The van der Waals surface area contributed by atoms with Crippen LogP contribution in [0.25, 0.3) is 5.53 Å². The summed E-state index contributed by atoms with van der Waals surface area (Å²) < 4.78 is 0. The van der Waals surface area contributed by atoms with Crippen LogP contribution in [0.5, 0.6) is 0 Å². The molecule has 0 saturated carbocycles. The summed E-state index contributed by atoms with van der Waals surface area (Å²) >= 11 is 0. The fourth-order valence-corrected chi connectivity index (χ4v) is 1.55. The van der Waals surface area contributed by atoms with Crippen LogP contribution in [0.4, 0.5) is 0 Å². The first kappa shape index (κ1) is 12.3. The summed E-state index contributed by atoms with van der Waals surface area (Å²) in [5, 5.41) is 0. The SMILES string of the molecule is CCC.[N-]=[N+]=C1CC=C2CC=CC=C2C1=O. The molecule has 0 atom stereocenters. The van der Waals surface area contributed by atoms with Gasteiger partial charge in [0.25, 0.3) is 5.78 Å². The van der Waals surface area contributed by atoms with Gasteiger partial charge in [-0.2, -0.15) is 4.79 Å². The molecule has 0 aromatic carbocycles. The Hall–Kier alpha value is -1.73. The molecule has 0 saturated heterocycles. The molecule has 0 aliphatic heterocycles. The van der Waals surface area contributed by atoms with E-state index in [0.29, 0.717) is 12.0 Å². The number of nitrogens with zero attached hydrogens (tertiary/aromatic N) is 2. The standard InChI is InChI=1S/C10H8N2O.C3H8/c11-12-9-6-5-7-3-1-2-4-8(7)10(9)13;1-3-2/h1-2,4-5H,3,6H2;3H2,1-2H3. The minimum absolute atomic E-state index is 0.149. The summed E-state index contributed by atoms with van der Waals surface area (Å²) in [5.74, 6) is -0.149. The number of ketones is 1. The summed E-state index contributed by atoms with van der Waals surface area (Å²) in [6, 6.07) is 0. The molecule has 2 aliphatic carbocycles. The third-order valence-electron chi connectivity index (χ3n) is 2.25. The van der Waals surface area contributed by atoms with Crippen molar-refractivity contribution in [2.75, 3.05) is 0 Å². The second kappa shape index (κ2) is 5.99. The molecule has 0 amide bonds. The van der Waals surface area contributed by atoms with Crippen molar-refractivity contribution in [2.45, 2.75) is 33.1 Å². The van der Waals surface area contributed by atoms with E-state index in [-0.39, 0.29) is 11.5 Å². The van der Waals surface area contributed by atoms with E-state index in [4.69, 9.17) is 5.53 Å². The fourth-order valence-electron chi connectivity index (χ4n) is 1.55. The zero-order chi connectivity index (χ0) is 12.0. The van der Waals surface area contributed by atoms with Gasteiger partial charge in [0.05, 0.1) is 6.42 Å². The summed E-state index contributed by atoms with van der Waals surface area (Å²) in [7, 11) is 0. The van der Waals surface area contributed by atoms with E-state index in [1.165, 1.54) is 6.42 Å². The zero-order valence-electron chi connectivity index (χ0n) is 9.73. The van der Waals surface area contributed by atoms with Crippen molar-refractivity contribution < 1.29 is 9.58 Å². The van der Waals surface area contributed by atoms with Crippen LogP contribution >= 0.6 is 0 Å². The molecule has 3 nitrogen and oxygen atoms in total. The molecule has 0 aromatic heterocycles. The Morgan fingerprint density at radius 3 is 2.69 bits per heavy atom. The van der Waals surface area contributed by atoms with Crippen molar-refractivity contribution in [3.8, 4) is 0 Å². The Bertz CT molecular complexity index is 421. The molecule has 84 valence electrons. The number of Topliss-reactive ketones (excluding diaryl/α,β-unsaturated/α-hetero) is 1. The smallest absolute Gasteiger partial charge is 0.343 e. The van der Waals surface area contributed by atoms with Gasteiger partial charge in [-0.05, 0) is 12.0 Å². The van der Waals surface area contributed by atoms with E-state index in [2.05, 4.69) is 18.6 Å². The molecule has 0 unspecified atom stereocenters. The van der Waals surface area contributed by atoms with Crippen LogP contribution in [0.2, 0.25) is 0 Å². The van der Waals surface area contributed by atoms with Gasteiger partial charge in [0.2, 0.25) is 0 Å². The number of carbonyl (C=O) groups excluding carboxylic acids is 1. The van der Waals surface area contributed by atoms with E-state index in [0.717, 1.165) is 12.0 Å².